The number of rotatable bonds is 4. The molecule has 3 rings (SSSR count). The molecule has 30 heavy (non-hydrogen) atoms. The van der Waals surface area contributed by atoms with Crippen molar-refractivity contribution in [2.75, 3.05) is 28.4 Å². The lowest BCUT2D eigenvalue weighted by Crippen LogP contribution is -2.68. The van der Waals surface area contributed by atoms with Gasteiger partial charge in [-0.25, -0.2) is 0 Å². The predicted molar refractivity (Wildman–Crippen MR) is 116 cm³/mol. The van der Waals surface area contributed by atoms with Crippen LogP contribution in [-0.4, -0.2) is 48.6 Å². The highest BCUT2D eigenvalue weighted by molar-refractivity contribution is 6.76. The average Bonchev–Trinajstić information content (AvgIpc) is 2.83. The van der Waals surface area contributed by atoms with Crippen LogP contribution in [-0.2, 0) is 23.1 Å². The first kappa shape index (κ1) is 22.3. The van der Waals surface area contributed by atoms with Gasteiger partial charge in [0.25, 0.3) is 5.79 Å². The summed E-state index contributed by atoms with van der Waals surface area (Å²) >= 11 is 0. The second-order valence-electron chi connectivity index (χ2n) is 6.77. The summed E-state index contributed by atoms with van der Waals surface area (Å²) in [6, 6.07) is 19.9. The molecule has 6 heteroatoms. The van der Waals surface area contributed by atoms with Crippen molar-refractivity contribution in [2.45, 2.75) is 24.0 Å². The molecule has 0 aliphatic carbocycles. The Hall–Kier alpha value is -2.42. The minimum absolute atomic E-state index is 0.459. The molecule has 0 saturated carbocycles. The molecule has 1 fully saturated rings. The van der Waals surface area contributed by atoms with Gasteiger partial charge < -0.3 is 23.1 Å². The molecule has 0 radical (unpaired) electrons. The van der Waals surface area contributed by atoms with Gasteiger partial charge in [-0.05, 0) is 30.2 Å². The van der Waals surface area contributed by atoms with E-state index in [1.165, 1.54) is 7.11 Å². The van der Waals surface area contributed by atoms with Crippen molar-refractivity contribution in [3.05, 3.63) is 71.8 Å². The van der Waals surface area contributed by atoms with Gasteiger partial charge in [0.15, 0.2) is 0 Å². The largest absolute Gasteiger partial charge is 0.427 e. The average molecular weight is 423 g/mol. The van der Waals surface area contributed by atoms with Gasteiger partial charge in [0.05, 0.1) is 0 Å². The van der Waals surface area contributed by atoms with Gasteiger partial charge in [-0.3, -0.25) is 0 Å². The molecule has 0 amide bonds. The van der Waals surface area contributed by atoms with Crippen molar-refractivity contribution in [2.24, 2.45) is 0 Å². The number of hydrogen-bond acceptors (Lipinski definition) is 5. The SMILES string of the molecule is COC1(C#Cc2ccccc2)O[Si](C#Cc2ccccc2)(OC)CCC1(OC)OC. The van der Waals surface area contributed by atoms with Gasteiger partial charge in [0, 0.05) is 52.0 Å². The highest BCUT2D eigenvalue weighted by Gasteiger charge is 2.64. The first-order valence-electron chi connectivity index (χ1n) is 9.64. The first-order chi connectivity index (χ1) is 14.6. The number of ether oxygens (including phenoxy) is 3. The Morgan fingerprint density at radius 3 is 1.87 bits per heavy atom. The van der Waals surface area contributed by atoms with Gasteiger partial charge in [0.1, 0.15) is 0 Å². The van der Waals surface area contributed by atoms with Crippen molar-refractivity contribution >= 4 is 8.56 Å². The van der Waals surface area contributed by atoms with E-state index in [1.807, 2.05) is 60.7 Å². The fraction of sp³-hybridized carbons (Fsp3) is 0.333. The van der Waals surface area contributed by atoms with Crippen molar-refractivity contribution < 1.29 is 23.1 Å². The zero-order valence-electron chi connectivity index (χ0n) is 17.7. The van der Waals surface area contributed by atoms with E-state index >= 15 is 0 Å². The van der Waals surface area contributed by atoms with E-state index in [0.717, 1.165) is 11.1 Å². The van der Waals surface area contributed by atoms with E-state index in [0.29, 0.717) is 12.5 Å². The van der Waals surface area contributed by atoms with Crippen LogP contribution < -0.4 is 0 Å². The zero-order chi connectivity index (χ0) is 21.5. The number of benzene rings is 2. The minimum atomic E-state index is -3.00. The van der Waals surface area contributed by atoms with Gasteiger partial charge in [-0.15, -0.1) is 0 Å². The van der Waals surface area contributed by atoms with Gasteiger partial charge in [-0.2, -0.15) is 0 Å². The fourth-order valence-corrected chi connectivity index (χ4v) is 5.84. The summed E-state index contributed by atoms with van der Waals surface area (Å²) in [7, 11) is 3.25. The van der Waals surface area contributed by atoms with Crippen molar-refractivity contribution in [3.63, 3.8) is 0 Å². The molecule has 0 spiro atoms. The van der Waals surface area contributed by atoms with E-state index in [-0.39, 0.29) is 0 Å². The third-order valence-electron chi connectivity index (χ3n) is 5.19. The van der Waals surface area contributed by atoms with E-state index in [4.69, 9.17) is 23.1 Å². The standard InChI is InChI=1S/C24H26O5Si/c1-25-23(26-2)18-20-30(28-4,19-16-22-13-9-6-10-14-22)29-24(23,27-3)17-15-21-11-7-5-8-12-21/h5-14H,18,20H2,1-4H3. The molecule has 1 aliphatic rings. The number of hydrogen-bond donors (Lipinski definition) is 0. The molecule has 0 aromatic heterocycles. The molecular formula is C24H26O5Si. The van der Waals surface area contributed by atoms with Crippen LogP contribution in [0.1, 0.15) is 17.5 Å². The lowest BCUT2D eigenvalue weighted by Gasteiger charge is -2.50. The third kappa shape index (κ3) is 4.35. The fourth-order valence-electron chi connectivity index (χ4n) is 3.43. The maximum absolute atomic E-state index is 6.50. The Morgan fingerprint density at radius 1 is 0.800 bits per heavy atom. The van der Waals surface area contributed by atoms with Crippen LogP contribution in [0.15, 0.2) is 60.7 Å². The van der Waals surface area contributed by atoms with E-state index in [2.05, 4.69) is 23.3 Å². The monoisotopic (exact) mass is 422 g/mol. The molecule has 2 aromatic rings. The summed E-state index contributed by atoms with van der Waals surface area (Å²) in [4.78, 5) is 0. The summed E-state index contributed by atoms with van der Waals surface area (Å²) in [6.45, 7) is 0. The summed E-state index contributed by atoms with van der Waals surface area (Å²) < 4.78 is 29.8. The maximum Gasteiger partial charge on any atom is 0.427 e. The molecular weight excluding hydrogens is 396 g/mol. The predicted octanol–water partition coefficient (Wildman–Crippen LogP) is 3.47. The van der Waals surface area contributed by atoms with Crippen LogP contribution in [0.4, 0.5) is 0 Å². The normalized spacial score (nSPS) is 24.8. The minimum Gasteiger partial charge on any atom is -0.389 e. The Labute approximate surface area is 179 Å². The highest BCUT2D eigenvalue weighted by Crippen LogP contribution is 2.44. The van der Waals surface area contributed by atoms with E-state index in [1.54, 1.807) is 21.3 Å². The molecule has 1 saturated heterocycles. The van der Waals surface area contributed by atoms with Crippen LogP contribution in [0, 0.1) is 23.3 Å². The molecule has 156 valence electrons. The van der Waals surface area contributed by atoms with Crippen molar-refractivity contribution in [3.8, 4) is 23.3 Å². The van der Waals surface area contributed by atoms with Crippen LogP contribution >= 0.6 is 0 Å². The summed E-state index contributed by atoms with van der Waals surface area (Å²) in [5.41, 5.74) is 4.97. The van der Waals surface area contributed by atoms with Crippen LogP contribution in [0.2, 0.25) is 6.04 Å². The maximum atomic E-state index is 6.50. The van der Waals surface area contributed by atoms with Crippen molar-refractivity contribution in [1.29, 1.82) is 0 Å². The lowest BCUT2D eigenvalue weighted by atomic mass is 10.0. The Kier molecular flexibility index (Phi) is 7.12. The van der Waals surface area contributed by atoms with Crippen LogP contribution in [0.25, 0.3) is 0 Å². The quantitative estimate of drug-likeness (QED) is 0.429. The topological polar surface area (TPSA) is 46.2 Å². The molecule has 0 N–H and O–H groups in total. The zero-order valence-corrected chi connectivity index (χ0v) is 18.7. The van der Waals surface area contributed by atoms with Crippen LogP contribution in [0.5, 0.6) is 0 Å². The Bertz CT molecular complexity index is 953. The van der Waals surface area contributed by atoms with Gasteiger partial charge in [-0.1, -0.05) is 53.8 Å². The Morgan fingerprint density at radius 2 is 1.37 bits per heavy atom. The van der Waals surface area contributed by atoms with Crippen LogP contribution in [0.3, 0.4) is 0 Å². The first-order valence-corrected chi connectivity index (χ1v) is 11.7. The summed E-state index contributed by atoms with van der Waals surface area (Å²) in [5, 5.41) is 0. The molecule has 5 nitrogen and oxygen atoms in total. The smallest absolute Gasteiger partial charge is 0.389 e. The lowest BCUT2D eigenvalue weighted by molar-refractivity contribution is -0.359. The molecule has 1 aliphatic heterocycles. The second-order valence-corrected chi connectivity index (χ2v) is 9.64. The summed E-state index contributed by atoms with van der Waals surface area (Å²) in [6.07, 6.45) is 0.459. The summed E-state index contributed by atoms with van der Waals surface area (Å²) in [5.74, 6) is 6.71. The molecule has 0 bridgehead atoms. The Balaban J connectivity index is 2.05. The van der Waals surface area contributed by atoms with Gasteiger partial charge >= 0.3 is 8.56 Å². The highest BCUT2D eigenvalue weighted by atomic mass is 28.4. The second kappa shape index (κ2) is 9.59. The molecule has 2 aromatic carbocycles. The molecule has 2 atom stereocenters. The number of methoxy groups -OCH3 is 3. The molecule has 1 heterocycles. The van der Waals surface area contributed by atoms with Gasteiger partial charge in [0.2, 0.25) is 5.79 Å². The van der Waals surface area contributed by atoms with E-state index in [9.17, 15) is 0 Å². The third-order valence-corrected chi connectivity index (χ3v) is 7.88. The molecule has 2 unspecified atom stereocenters. The van der Waals surface area contributed by atoms with E-state index < -0.39 is 20.1 Å². The van der Waals surface area contributed by atoms with Crippen molar-refractivity contribution in [1.82, 2.24) is 0 Å².